The summed E-state index contributed by atoms with van der Waals surface area (Å²) in [5.41, 5.74) is 1.40. The molecule has 6 nitrogen and oxygen atoms in total. The van der Waals surface area contributed by atoms with Gasteiger partial charge >= 0.3 is 0 Å². The number of nitrogens with zero attached hydrogens (tertiary/aromatic N) is 1. The van der Waals surface area contributed by atoms with Crippen LogP contribution in [0.15, 0.2) is 6.07 Å². The molecule has 4 rings (SSSR count). The fourth-order valence-corrected chi connectivity index (χ4v) is 5.80. The average molecular weight is 346 g/mol. The first kappa shape index (κ1) is 16.7. The molecular formula is C19H24NO5-. The highest BCUT2D eigenvalue weighted by atomic mass is 16.8. The Morgan fingerprint density at radius 1 is 1.28 bits per heavy atom. The number of benzene rings is 1. The number of hydrogen-bond donors (Lipinski definition) is 2. The maximum absolute atomic E-state index is 12.4. The minimum Gasteiger partial charge on any atom is -0.868 e. The van der Waals surface area contributed by atoms with Gasteiger partial charge < -0.3 is 9.84 Å². The zero-order valence-corrected chi connectivity index (χ0v) is 14.6. The molecule has 4 atom stereocenters. The summed E-state index contributed by atoms with van der Waals surface area (Å²) in [5.74, 6) is 1.05. The maximum Gasteiger partial charge on any atom is 0.139 e. The molecule has 136 valence electrons. The molecule has 0 aliphatic heterocycles. The lowest BCUT2D eigenvalue weighted by Gasteiger charge is -2.49. The highest BCUT2D eigenvalue weighted by molar-refractivity contribution is 5.87. The van der Waals surface area contributed by atoms with Gasteiger partial charge in [0.05, 0.1) is 12.8 Å². The Kier molecular flexibility index (Phi) is 3.74. The lowest BCUT2D eigenvalue weighted by molar-refractivity contribution is -0.270. The molecule has 0 heterocycles. The van der Waals surface area contributed by atoms with Crippen molar-refractivity contribution in [2.24, 2.45) is 17.3 Å². The number of carbonyl (C=O) groups excluding carboxylic acids is 1. The van der Waals surface area contributed by atoms with Crippen LogP contribution < -0.4 is 15.1 Å². The van der Waals surface area contributed by atoms with E-state index in [1.807, 2.05) is 0 Å². The number of rotatable bonds is 2. The first-order valence-corrected chi connectivity index (χ1v) is 9.00. The van der Waals surface area contributed by atoms with Crippen molar-refractivity contribution in [2.45, 2.75) is 51.4 Å². The second-order valence-corrected chi connectivity index (χ2v) is 7.95. The van der Waals surface area contributed by atoms with Crippen molar-refractivity contribution in [3.8, 4) is 11.5 Å². The van der Waals surface area contributed by atoms with E-state index in [0.717, 1.165) is 31.2 Å². The molecule has 0 radical (unpaired) electrons. The highest BCUT2D eigenvalue weighted by Gasteiger charge is 2.54. The maximum atomic E-state index is 12.4. The van der Waals surface area contributed by atoms with Crippen molar-refractivity contribution in [1.29, 1.82) is 0 Å². The van der Waals surface area contributed by atoms with Crippen LogP contribution in [0.4, 0.5) is 5.69 Å². The molecule has 6 heteroatoms. The third kappa shape index (κ3) is 2.20. The number of Topliss-reactive ketones (excluding diaryl/α,β-unsaturated/α-hetero) is 1. The van der Waals surface area contributed by atoms with Crippen LogP contribution in [0.25, 0.3) is 0 Å². The van der Waals surface area contributed by atoms with E-state index in [1.54, 1.807) is 6.07 Å². The normalized spacial score (nSPS) is 33.4. The number of fused-ring (bicyclic) bond motifs is 5. The molecule has 2 saturated carbocycles. The van der Waals surface area contributed by atoms with Crippen LogP contribution in [-0.2, 0) is 11.2 Å². The summed E-state index contributed by atoms with van der Waals surface area (Å²) in [6, 6.07) is 1.78. The summed E-state index contributed by atoms with van der Waals surface area (Å²) in [7, 11) is 1.42. The summed E-state index contributed by atoms with van der Waals surface area (Å²) in [5, 5.41) is 31.5. The monoisotopic (exact) mass is 346 g/mol. The fourth-order valence-electron chi connectivity index (χ4n) is 5.80. The van der Waals surface area contributed by atoms with E-state index in [1.165, 1.54) is 7.11 Å². The predicted octanol–water partition coefficient (Wildman–Crippen LogP) is 2.78. The topological polar surface area (TPSA) is 93.1 Å². The molecule has 1 aromatic rings. The largest absolute Gasteiger partial charge is 0.868 e. The second kappa shape index (κ2) is 5.61. The summed E-state index contributed by atoms with van der Waals surface area (Å²) < 4.78 is 5.19. The van der Waals surface area contributed by atoms with E-state index < -0.39 is 5.75 Å². The Balaban J connectivity index is 1.81. The van der Waals surface area contributed by atoms with Gasteiger partial charge in [0.1, 0.15) is 11.5 Å². The van der Waals surface area contributed by atoms with Gasteiger partial charge in [0.2, 0.25) is 0 Å². The van der Waals surface area contributed by atoms with Gasteiger partial charge in [-0.2, -0.15) is 0 Å². The second-order valence-electron chi connectivity index (χ2n) is 7.95. The SMILES string of the molecule is COc1cc2c(c(N(O)O)c1[O-])CCC1C2CC[C@]2(C)C(=O)CCC12. The summed E-state index contributed by atoms with van der Waals surface area (Å²) in [4.78, 5) is 12.4. The van der Waals surface area contributed by atoms with Crippen molar-refractivity contribution in [2.75, 3.05) is 12.3 Å². The van der Waals surface area contributed by atoms with E-state index in [-0.39, 0.29) is 28.0 Å². The van der Waals surface area contributed by atoms with Gasteiger partial charge in [0, 0.05) is 11.8 Å². The Morgan fingerprint density at radius 2 is 2.04 bits per heavy atom. The van der Waals surface area contributed by atoms with Gasteiger partial charge in [-0.25, -0.2) is 0 Å². The van der Waals surface area contributed by atoms with Crippen molar-refractivity contribution in [3.63, 3.8) is 0 Å². The number of hydrogen-bond acceptors (Lipinski definition) is 6. The number of carbonyl (C=O) groups is 1. The standard InChI is InChI=1S/C19H25NO5/c1-19-8-7-10-11(14(19)5-6-16(19)21)3-4-12-13(10)9-15(25-2)18(22)17(12)20(23)24/h9-11,14,22-24H,3-8H2,1-2H3/p-1/t10?,11?,14?,19-/m0/s1. The average Bonchev–Trinajstić information content (AvgIpc) is 2.89. The third-order valence-corrected chi connectivity index (χ3v) is 7.05. The number of ether oxygens (including phenoxy) is 1. The molecule has 1 aromatic carbocycles. The van der Waals surface area contributed by atoms with Crippen LogP contribution in [0.3, 0.4) is 0 Å². The Bertz CT molecular complexity index is 731. The first-order chi connectivity index (χ1) is 11.9. The number of anilines is 1. The van der Waals surface area contributed by atoms with Crippen LogP contribution in [0, 0.1) is 17.3 Å². The molecular weight excluding hydrogens is 322 g/mol. The van der Waals surface area contributed by atoms with Crippen LogP contribution in [0.5, 0.6) is 11.5 Å². The Morgan fingerprint density at radius 3 is 2.72 bits per heavy atom. The molecule has 3 aliphatic rings. The van der Waals surface area contributed by atoms with Gasteiger partial charge in [-0.1, -0.05) is 6.92 Å². The molecule has 3 unspecified atom stereocenters. The quantitative estimate of drug-likeness (QED) is 0.800. The first-order valence-electron chi connectivity index (χ1n) is 9.00. The fraction of sp³-hybridized carbons (Fsp3) is 0.632. The summed E-state index contributed by atoms with van der Waals surface area (Å²) in [6.45, 7) is 2.12. The summed E-state index contributed by atoms with van der Waals surface area (Å²) >= 11 is 0. The zero-order chi connectivity index (χ0) is 17.9. The molecule has 2 fully saturated rings. The molecule has 0 bridgehead atoms. The van der Waals surface area contributed by atoms with Crippen LogP contribution in [0.1, 0.15) is 56.1 Å². The van der Waals surface area contributed by atoms with E-state index in [0.29, 0.717) is 36.0 Å². The van der Waals surface area contributed by atoms with E-state index >= 15 is 0 Å². The van der Waals surface area contributed by atoms with Gasteiger partial charge in [0.15, 0.2) is 0 Å². The van der Waals surface area contributed by atoms with Crippen molar-refractivity contribution < 1.29 is 25.1 Å². The zero-order valence-electron chi connectivity index (χ0n) is 14.6. The molecule has 3 aliphatic carbocycles. The van der Waals surface area contributed by atoms with Gasteiger partial charge in [-0.3, -0.25) is 15.2 Å². The van der Waals surface area contributed by atoms with Gasteiger partial charge in [0.25, 0.3) is 0 Å². The van der Waals surface area contributed by atoms with E-state index in [4.69, 9.17) is 4.74 Å². The molecule has 25 heavy (non-hydrogen) atoms. The minimum absolute atomic E-state index is 0.0595. The highest BCUT2D eigenvalue weighted by Crippen LogP contribution is 2.61. The molecule has 2 N–H and O–H groups in total. The molecule has 0 spiro atoms. The van der Waals surface area contributed by atoms with Crippen molar-refractivity contribution in [3.05, 3.63) is 17.2 Å². The van der Waals surface area contributed by atoms with Gasteiger partial charge in [-0.15, -0.1) is 5.23 Å². The van der Waals surface area contributed by atoms with Crippen LogP contribution >= 0.6 is 0 Å². The third-order valence-electron chi connectivity index (χ3n) is 7.05. The van der Waals surface area contributed by atoms with Crippen molar-refractivity contribution >= 4 is 11.5 Å². The molecule has 0 saturated heterocycles. The van der Waals surface area contributed by atoms with E-state index in [9.17, 15) is 20.3 Å². The van der Waals surface area contributed by atoms with E-state index in [2.05, 4.69) is 6.92 Å². The van der Waals surface area contributed by atoms with Crippen molar-refractivity contribution in [1.82, 2.24) is 0 Å². The Hall–Kier alpha value is -1.79. The minimum atomic E-state index is -0.499. The smallest absolute Gasteiger partial charge is 0.139 e. The van der Waals surface area contributed by atoms with Crippen LogP contribution in [0.2, 0.25) is 0 Å². The number of methoxy groups -OCH3 is 1. The molecule has 0 amide bonds. The Labute approximate surface area is 146 Å². The lowest BCUT2D eigenvalue weighted by Crippen LogP contribution is -2.42. The van der Waals surface area contributed by atoms with Crippen LogP contribution in [-0.4, -0.2) is 23.3 Å². The van der Waals surface area contributed by atoms with Gasteiger partial charge in [-0.05, 0) is 72.8 Å². The number of ketones is 1. The lowest BCUT2D eigenvalue weighted by atomic mass is 9.55. The predicted molar refractivity (Wildman–Crippen MR) is 88.1 cm³/mol. The molecule has 0 aromatic heterocycles. The summed E-state index contributed by atoms with van der Waals surface area (Å²) in [6.07, 6.45) is 4.85.